The van der Waals surface area contributed by atoms with Crippen molar-refractivity contribution in [2.24, 2.45) is 11.7 Å². The van der Waals surface area contributed by atoms with Crippen molar-refractivity contribution >= 4 is 11.8 Å². The minimum absolute atomic E-state index is 0.0106. The Kier molecular flexibility index (Phi) is 2.56. The average molecular weight is 239 g/mol. The average Bonchev–Trinajstić information content (AvgIpc) is 2.92. The van der Waals surface area contributed by atoms with Gasteiger partial charge in [-0.1, -0.05) is 0 Å². The molecule has 0 aromatic carbocycles. The van der Waals surface area contributed by atoms with Gasteiger partial charge in [-0.2, -0.15) is 0 Å². The molecule has 2 heterocycles. The molecule has 0 spiro atoms. The number of carbonyl (C=O) groups is 2. The molecule has 4 N–H and O–H groups in total. The fraction of sp³-hybridized carbons (Fsp3) is 0.818. The monoisotopic (exact) mass is 239 g/mol. The van der Waals surface area contributed by atoms with Crippen LogP contribution in [0, 0.1) is 5.92 Å². The zero-order valence-electron chi connectivity index (χ0n) is 9.52. The highest BCUT2D eigenvalue weighted by Crippen LogP contribution is 2.37. The topological polar surface area (TPSA) is 93.4 Å². The van der Waals surface area contributed by atoms with Crippen LogP contribution in [0.2, 0.25) is 0 Å². The fourth-order valence-corrected chi connectivity index (χ4v) is 3.00. The van der Waals surface area contributed by atoms with Gasteiger partial charge in [0.2, 0.25) is 11.8 Å². The highest BCUT2D eigenvalue weighted by Gasteiger charge is 2.53. The van der Waals surface area contributed by atoms with Crippen LogP contribution in [0.1, 0.15) is 19.3 Å². The van der Waals surface area contributed by atoms with Gasteiger partial charge in [0.1, 0.15) is 6.04 Å². The molecule has 0 radical (unpaired) electrons. The molecular weight excluding hydrogens is 222 g/mol. The highest BCUT2D eigenvalue weighted by molar-refractivity contribution is 5.91. The fourth-order valence-electron chi connectivity index (χ4n) is 3.00. The van der Waals surface area contributed by atoms with Crippen molar-refractivity contribution in [2.75, 3.05) is 6.61 Å². The van der Waals surface area contributed by atoms with Crippen LogP contribution in [-0.2, 0) is 14.3 Å². The van der Waals surface area contributed by atoms with Crippen molar-refractivity contribution in [3.63, 3.8) is 0 Å². The molecule has 2 saturated heterocycles. The molecule has 1 saturated carbocycles. The Bertz CT molecular complexity index is 360. The summed E-state index contributed by atoms with van der Waals surface area (Å²) < 4.78 is 5.54. The molecule has 3 aliphatic rings. The van der Waals surface area contributed by atoms with Gasteiger partial charge in [-0.15, -0.1) is 0 Å². The highest BCUT2D eigenvalue weighted by atomic mass is 16.5. The van der Waals surface area contributed by atoms with Gasteiger partial charge < -0.3 is 21.1 Å². The van der Waals surface area contributed by atoms with E-state index in [1.54, 1.807) is 0 Å². The number of hydrogen-bond acceptors (Lipinski definition) is 4. The van der Waals surface area contributed by atoms with Gasteiger partial charge in [-0.25, -0.2) is 0 Å². The van der Waals surface area contributed by atoms with E-state index in [2.05, 4.69) is 10.6 Å². The summed E-state index contributed by atoms with van der Waals surface area (Å²) in [6, 6.07) is -0.494. The van der Waals surface area contributed by atoms with Crippen molar-refractivity contribution in [1.29, 1.82) is 0 Å². The third kappa shape index (κ3) is 1.71. The molecule has 0 aromatic heterocycles. The largest absolute Gasteiger partial charge is 0.376 e. The van der Waals surface area contributed by atoms with Crippen LogP contribution in [0.4, 0.5) is 0 Å². The number of rotatable bonds is 2. The van der Waals surface area contributed by atoms with Crippen molar-refractivity contribution in [1.82, 2.24) is 10.6 Å². The minimum Gasteiger partial charge on any atom is -0.376 e. The predicted molar refractivity (Wildman–Crippen MR) is 58.9 cm³/mol. The van der Waals surface area contributed by atoms with Gasteiger partial charge in [0.05, 0.1) is 12.1 Å². The van der Waals surface area contributed by atoms with E-state index in [-0.39, 0.29) is 30.0 Å². The Morgan fingerprint density at radius 2 is 2.29 bits per heavy atom. The van der Waals surface area contributed by atoms with Crippen molar-refractivity contribution in [2.45, 2.75) is 43.5 Å². The smallest absolute Gasteiger partial charge is 0.242 e. The summed E-state index contributed by atoms with van der Waals surface area (Å²) >= 11 is 0. The van der Waals surface area contributed by atoms with E-state index in [0.717, 1.165) is 13.0 Å². The second-order valence-electron chi connectivity index (χ2n) is 5.06. The van der Waals surface area contributed by atoms with Gasteiger partial charge in [0.15, 0.2) is 0 Å². The first kappa shape index (κ1) is 11.0. The van der Waals surface area contributed by atoms with E-state index < -0.39 is 6.04 Å². The number of nitrogens with one attached hydrogen (secondary N) is 2. The van der Waals surface area contributed by atoms with Crippen molar-refractivity contribution < 1.29 is 14.3 Å². The van der Waals surface area contributed by atoms with Crippen LogP contribution in [-0.4, -0.2) is 42.7 Å². The van der Waals surface area contributed by atoms with E-state index in [0.29, 0.717) is 18.8 Å². The van der Waals surface area contributed by atoms with Crippen LogP contribution < -0.4 is 16.4 Å². The van der Waals surface area contributed by atoms with Crippen LogP contribution in [0.15, 0.2) is 0 Å². The second-order valence-corrected chi connectivity index (χ2v) is 5.06. The van der Waals surface area contributed by atoms with Gasteiger partial charge >= 0.3 is 0 Å². The molecule has 17 heavy (non-hydrogen) atoms. The molecule has 1 aliphatic carbocycles. The summed E-state index contributed by atoms with van der Waals surface area (Å²) in [4.78, 5) is 22.9. The Balaban J connectivity index is 1.57. The molecular formula is C11H17N3O3. The summed E-state index contributed by atoms with van der Waals surface area (Å²) in [7, 11) is 0. The molecule has 0 bridgehead atoms. The van der Waals surface area contributed by atoms with Crippen LogP contribution >= 0.6 is 0 Å². The maximum Gasteiger partial charge on any atom is 0.242 e. The number of hydrogen-bond donors (Lipinski definition) is 3. The molecule has 5 atom stereocenters. The lowest BCUT2D eigenvalue weighted by Gasteiger charge is -2.45. The molecule has 3 fully saturated rings. The van der Waals surface area contributed by atoms with Crippen LogP contribution in [0.5, 0.6) is 0 Å². The van der Waals surface area contributed by atoms with E-state index in [4.69, 9.17) is 10.5 Å². The second kappa shape index (κ2) is 3.96. The standard InChI is InChI=1S/C11H17N3O3/c12-8-5-3-4-17-10(5)9(8)14-11(16)6-1-2-7(15)13-6/h5-6,8-10H,1-4,12H2,(H,13,15)(H,14,16). The van der Waals surface area contributed by atoms with Gasteiger partial charge in [0, 0.05) is 25.0 Å². The molecule has 0 aromatic rings. The number of nitrogens with two attached hydrogens (primary N) is 1. The lowest BCUT2D eigenvalue weighted by Crippen LogP contribution is -2.70. The quantitative estimate of drug-likeness (QED) is 0.546. The van der Waals surface area contributed by atoms with E-state index in [1.165, 1.54) is 0 Å². The molecule has 2 amide bonds. The summed E-state index contributed by atoms with van der Waals surface area (Å²) in [5.41, 5.74) is 6.00. The summed E-state index contributed by atoms with van der Waals surface area (Å²) in [5.74, 6) is 0.196. The van der Waals surface area contributed by atoms with E-state index in [9.17, 15) is 9.59 Å². The van der Waals surface area contributed by atoms with E-state index in [1.807, 2.05) is 0 Å². The zero-order valence-corrected chi connectivity index (χ0v) is 9.52. The van der Waals surface area contributed by atoms with Crippen molar-refractivity contribution in [3.8, 4) is 0 Å². The third-order valence-corrected chi connectivity index (χ3v) is 4.07. The Morgan fingerprint density at radius 3 is 3.00 bits per heavy atom. The number of ether oxygens (including phenoxy) is 1. The van der Waals surface area contributed by atoms with Crippen LogP contribution in [0.3, 0.4) is 0 Å². The lowest BCUT2D eigenvalue weighted by atomic mass is 9.72. The van der Waals surface area contributed by atoms with Crippen LogP contribution in [0.25, 0.3) is 0 Å². The van der Waals surface area contributed by atoms with Gasteiger partial charge in [-0.05, 0) is 12.8 Å². The summed E-state index contributed by atoms with van der Waals surface area (Å²) in [6.07, 6.45) is 2.06. The molecule has 6 nitrogen and oxygen atoms in total. The van der Waals surface area contributed by atoms with Gasteiger partial charge in [-0.3, -0.25) is 9.59 Å². The lowest BCUT2D eigenvalue weighted by molar-refractivity contribution is -0.129. The van der Waals surface area contributed by atoms with Crippen molar-refractivity contribution in [3.05, 3.63) is 0 Å². The first-order valence-electron chi connectivity index (χ1n) is 6.14. The Hall–Kier alpha value is -1.14. The maximum absolute atomic E-state index is 11.9. The molecule has 5 unspecified atom stereocenters. The first-order chi connectivity index (χ1) is 8.16. The Labute approximate surface area is 99.2 Å². The number of carbonyl (C=O) groups excluding carboxylic acids is 2. The van der Waals surface area contributed by atoms with Gasteiger partial charge in [0.25, 0.3) is 0 Å². The normalized spacial score (nSPS) is 43.8. The third-order valence-electron chi connectivity index (χ3n) is 4.07. The maximum atomic E-state index is 11.9. The summed E-state index contributed by atoms with van der Waals surface area (Å²) in [5, 5.41) is 5.55. The minimum atomic E-state index is -0.393. The Morgan fingerprint density at radius 1 is 1.47 bits per heavy atom. The zero-order chi connectivity index (χ0) is 12.0. The predicted octanol–water partition coefficient (Wildman–Crippen LogP) is -1.50. The molecule has 6 heteroatoms. The molecule has 94 valence electrons. The molecule has 2 aliphatic heterocycles. The SMILES string of the molecule is NC1C2CCOC2C1NC(=O)C1CCC(=O)N1. The number of amides is 2. The number of fused-ring (bicyclic) bond motifs is 1. The summed E-state index contributed by atoms with van der Waals surface area (Å²) in [6.45, 7) is 0.732. The first-order valence-corrected chi connectivity index (χ1v) is 6.14. The molecule has 3 rings (SSSR count). The van der Waals surface area contributed by atoms with E-state index >= 15 is 0 Å².